The van der Waals surface area contributed by atoms with E-state index in [1.165, 1.54) is 10.9 Å². The molecule has 9 heteroatoms. The number of ether oxygens (including phenoxy) is 1. The van der Waals surface area contributed by atoms with Gasteiger partial charge in [0, 0.05) is 32.4 Å². The quantitative estimate of drug-likeness (QED) is 0.625. The smallest absolute Gasteiger partial charge is 0.265 e. The second-order valence-corrected chi connectivity index (χ2v) is 6.97. The summed E-state index contributed by atoms with van der Waals surface area (Å²) in [4.78, 5) is 30.1. The van der Waals surface area contributed by atoms with Crippen molar-refractivity contribution in [1.82, 2.24) is 19.3 Å². The van der Waals surface area contributed by atoms with E-state index in [9.17, 15) is 9.59 Å². The Morgan fingerprint density at radius 3 is 2.79 bits per heavy atom. The van der Waals surface area contributed by atoms with E-state index in [0.29, 0.717) is 31.2 Å². The molecule has 0 bridgehead atoms. The van der Waals surface area contributed by atoms with Gasteiger partial charge in [0.1, 0.15) is 23.3 Å². The third-order valence-corrected chi connectivity index (χ3v) is 4.42. The number of methoxy groups -OCH3 is 1. The van der Waals surface area contributed by atoms with Crippen LogP contribution in [0.4, 0.5) is 5.82 Å². The van der Waals surface area contributed by atoms with Crippen molar-refractivity contribution in [1.29, 1.82) is 0 Å². The van der Waals surface area contributed by atoms with Crippen molar-refractivity contribution in [3.63, 3.8) is 0 Å². The van der Waals surface area contributed by atoms with Crippen molar-refractivity contribution >= 4 is 22.8 Å². The number of aryl methyl sites for hydroxylation is 3. The number of hydrogen-bond acceptors (Lipinski definition) is 6. The van der Waals surface area contributed by atoms with Crippen LogP contribution in [0.2, 0.25) is 0 Å². The van der Waals surface area contributed by atoms with Gasteiger partial charge in [0.2, 0.25) is 5.71 Å². The minimum Gasteiger partial charge on any atom is -0.442 e. The van der Waals surface area contributed by atoms with Gasteiger partial charge in [-0.3, -0.25) is 14.2 Å². The van der Waals surface area contributed by atoms with E-state index < -0.39 is 5.91 Å². The summed E-state index contributed by atoms with van der Waals surface area (Å²) in [5.41, 5.74) is 0.837. The zero-order chi connectivity index (χ0) is 20.4. The van der Waals surface area contributed by atoms with Crippen LogP contribution in [0, 0.1) is 13.8 Å². The van der Waals surface area contributed by atoms with Crippen molar-refractivity contribution < 1.29 is 13.9 Å². The molecule has 9 nitrogen and oxygen atoms in total. The number of nitrogens with zero attached hydrogens (tertiary/aromatic N) is 4. The molecule has 0 spiro atoms. The zero-order valence-corrected chi connectivity index (χ0v) is 16.8. The molecule has 3 aromatic heterocycles. The van der Waals surface area contributed by atoms with Crippen LogP contribution in [0.1, 0.15) is 48.1 Å². The van der Waals surface area contributed by atoms with Crippen LogP contribution in [-0.4, -0.2) is 39.0 Å². The molecule has 28 heavy (non-hydrogen) atoms. The summed E-state index contributed by atoms with van der Waals surface area (Å²) >= 11 is 0. The largest absolute Gasteiger partial charge is 0.442 e. The molecule has 3 rings (SSSR count). The van der Waals surface area contributed by atoms with Crippen LogP contribution < -0.4 is 10.9 Å². The highest BCUT2D eigenvalue weighted by molar-refractivity contribution is 6.12. The minimum atomic E-state index is -0.424. The number of aromatic nitrogens is 4. The number of carbonyl (C=O) groups excluding carboxylic acids is 1. The van der Waals surface area contributed by atoms with Crippen molar-refractivity contribution in [2.75, 3.05) is 19.0 Å². The van der Waals surface area contributed by atoms with Gasteiger partial charge in [-0.15, -0.1) is 0 Å². The van der Waals surface area contributed by atoms with E-state index in [1.54, 1.807) is 24.8 Å². The van der Waals surface area contributed by atoms with Crippen LogP contribution in [0.3, 0.4) is 0 Å². The maximum absolute atomic E-state index is 13.0. The summed E-state index contributed by atoms with van der Waals surface area (Å²) in [7, 11) is 1.61. The van der Waals surface area contributed by atoms with Crippen LogP contribution in [0.5, 0.6) is 0 Å². The molecule has 0 aromatic carbocycles. The molecule has 0 aliphatic heterocycles. The maximum Gasteiger partial charge on any atom is 0.265 e. The standard InChI is InChI=1S/C19H25N5O4/c1-11(2)24-14(9-12(3)22-24)21-17(25)15-13(4)28-18-16(15)19(26)23(10-20-18)7-6-8-27-5/h9-11H,6-8H2,1-5H3,(H,21,25). The van der Waals surface area contributed by atoms with Gasteiger partial charge < -0.3 is 14.5 Å². The second-order valence-electron chi connectivity index (χ2n) is 6.97. The number of fused-ring (bicyclic) bond motifs is 1. The highest BCUT2D eigenvalue weighted by Gasteiger charge is 2.24. The van der Waals surface area contributed by atoms with Gasteiger partial charge >= 0.3 is 0 Å². The fraction of sp³-hybridized carbons (Fsp3) is 0.474. The van der Waals surface area contributed by atoms with Crippen LogP contribution in [-0.2, 0) is 11.3 Å². The number of amides is 1. The zero-order valence-electron chi connectivity index (χ0n) is 16.8. The first-order valence-corrected chi connectivity index (χ1v) is 9.18. The summed E-state index contributed by atoms with van der Waals surface area (Å²) in [5.74, 6) is 0.487. The van der Waals surface area contributed by atoms with E-state index in [-0.39, 0.29) is 28.3 Å². The van der Waals surface area contributed by atoms with Crippen molar-refractivity contribution in [3.8, 4) is 0 Å². The molecular formula is C19H25N5O4. The van der Waals surface area contributed by atoms with E-state index in [2.05, 4.69) is 15.4 Å². The van der Waals surface area contributed by atoms with E-state index in [4.69, 9.17) is 9.15 Å². The first kappa shape index (κ1) is 19.8. The highest BCUT2D eigenvalue weighted by Crippen LogP contribution is 2.23. The van der Waals surface area contributed by atoms with Gasteiger partial charge in [-0.25, -0.2) is 9.67 Å². The summed E-state index contributed by atoms with van der Waals surface area (Å²) < 4.78 is 13.8. The Morgan fingerprint density at radius 1 is 1.36 bits per heavy atom. The monoisotopic (exact) mass is 387 g/mol. The lowest BCUT2D eigenvalue weighted by Crippen LogP contribution is -2.24. The predicted molar refractivity (Wildman–Crippen MR) is 105 cm³/mol. The average Bonchev–Trinajstić information content (AvgIpc) is 3.16. The Labute approximate surface area is 162 Å². The van der Waals surface area contributed by atoms with Crippen molar-refractivity contribution in [2.24, 2.45) is 0 Å². The normalized spacial score (nSPS) is 11.5. The lowest BCUT2D eigenvalue weighted by atomic mass is 10.1. The Morgan fingerprint density at radius 2 is 2.11 bits per heavy atom. The lowest BCUT2D eigenvalue weighted by Gasteiger charge is -2.11. The Balaban J connectivity index is 2.00. The number of rotatable bonds is 7. The molecule has 0 unspecified atom stereocenters. The summed E-state index contributed by atoms with van der Waals surface area (Å²) in [5, 5.41) is 7.43. The van der Waals surface area contributed by atoms with Gasteiger partial charge in [-0.05, 0) is 34.1 Å². The lowest BCUT2D eigenvalue weighted by molar-refractivity contribution is 0.102. The Kier molecular flexibility index (Phi) is 5.64. The molecule has 0 atom stereocenters. The Hall–Kier alpha value is -2.94. The van der Waals surface area contributed by atoms with Crippen LogP contribution in [0.15, 0.2) is 21.6 Å². The predicted octanol–water partition coefficient (Wildman–Crippen LogP) is 2.67. The van der Waals surface area contributed by atoms with E-state index in [1.807, 2.05) is 20.8 Å². The van der Waals surface area contributed by atoms with Gasteiger partial charge in [-0.1, -0.05) is 0 Å². The SMILES string of the molecule is COCCCn1cnc2oc(C)c(C(=O)Nc3cc(C)nn3C(C)C)c2c1=O. The maximum atomic E-state index is 13.0. The molecule has 0 saturated carbocycles. The molecule has 3 heterocycles. The topological polar surface area (TPSA) is 104 Å². The fourth-order valence-electron chi connectivity index (χ4n) is 3.13. The third kappa shape index (κ3) is 3.70. The molecule has 3 aromatic rings. The molecule has 1 amide bonds. The van der Waals surface area contributed by atoms with Gasteiger partial charge in [0.05, 0.1) is 11.3 Å². The molecule has 150 valence electrons. The molecule has 0 radical (unpaired) electrons. The van der Waals surface area contributed by atoms with Crippen molar-refractivity contribution in [2.45, 2.75) is 46.7 Å². The number of furan rings is 1. The number of hydrogen-bond donors (Lipinski definition) is 1. The summed E-state index contributed by atoms with van der Waals surface area (Å²) in [6.45, 7) is 8.43. The number of anilines is 1. The molecule has 0 saturated heterocycles. The van der Waals surface area contributed by atoms with Gasteiger partial charge in [-0.2, -0.15) is 5.10 Å². The summed E-state index contributed by atoms with van der Waals surface area (Å²) in [6, 6.07) is 1.86. The first-order chi connectivity index (χ1) is 13.3. The first-order valence-electron chi connectivity index (χ1n) is 9.18. The molecule has 0 fully saturated rings. The van der Waals surface area contributed by atoms with Crippen molar-refractivity contribution in [3.05, 3.63) is 39.8 Å². The highest BCUT2D eigenvalue weighted by atomic mass is 16.5. The fourth-order valence-corrected chi connectivity index (χ4v) is 3.13. The third-order valence-electron chi connectivity index (χ3n) is 4.42. The Bertz CT molecular complexity index is 1060. The van der Waals surface area contributed by atoms with Gasteiger partial charge in [0.15, 0.2) is 0 Å². The number of nitrogens with one attached hydrogen (secondary N) is 1. The molecule has 0 aliphatic carbocycles. The van der Waals surface area contributed by atoms with Crippen LogP contribution >= 0.6 is 0 Å². The number of carbonyl (C=O) groups is 1. The summed E-state index contributed by atoms with van der Waals surface area (Å²) in [6.07, 6.45) is 2.09. The molecule has 0 aliphatic rings. The minimum absolute atomic E-state index is 0.0749. The van der Waals surface area contributed by atoms with E-state index in [0.717, 1.165) is 5.69 Å². The average molecular weight is 387 g/mol. The molecule has 1 N–H and O–H groups in total. The second kappa shape index (κ2) is 7.97. The van der Waals surface area contributed by atoms with Crippen LogP contribution in [0.25, 0.3) is 11.1 Å². The van der Waals surface area contributed by atoms with Gasteiger partial charge in [0.25, 0.3) is 11.5 Å². The van der Waals surface area contributed by atoms with E-state index >= 15 is 0 Å². The molecular weight excluding hydrogens is 362 g/mol.